The lowest BCUT2D eigenvalue weighted by Crippen LogP contribution is -2.40. The van der Waals surface area contributed by atoms with Gasteiger partial charge in [-0.05, 0) is 20.4 Å². The highest BCUT2D eigenvalue weighted by atomic mass is 32.2. The van der Waals surface area contributed by atoms with E-state index in [-0.39, 0.29) is 11.7 Å². The maximum atomic E-state index is 11.7. The average Bonchev–Trinajstić information content (AvgIpc) is 2.75. The van der Waals surface area contributed by atoms with Gasteiger partial charge in [-0.1, -0.05) is 18.7 Å². The highest BCUT2D eigenvalue weighted by molar-refractivity contribution is 7.99. The molecule has 1 aromatic rings. The molecule has 0 bridgehead atoms. The van der Waals surface area contributed by atoms with E-state index in [0.29, 0.717) is 30.6 Å². The highest BCUT2D eigenvalue weighted by Crippen LogP contribution is 2.14. The van der Waals surface area contributed by atoms with Crippen LogP contribution in [0.15, 0.2) is 9.95 Å². The molecular weight excluding hydrogens is 268 g/mol. The van der Waals surface area contributed by atoms with Crippen LogP contribution in [0, 0.1) is 0 Å². The molecule has 1 unspecified atom stereocenters. The molecule has 0 aliphatic carbocycles. The summed E-state index contributed by atoms with van der Waals surface area (Å²) in [7, 11) is 0. The van der Waals surface area contributed by atoms with Crippen molar-refractivity contribution in [3.8, 4) is 0 Å². The maximum absolute atomic E-state index is 11.7. The molecule has 2 N–H and O–H groups in total. The minimum atomic E-state index is -0.396. The van der Waals surface area contributed by atoms with Gasteiger partial charge in [-0.3, -0.25) is 9.36 Å². The summed E-state index contributed by atoms with van der Waals surface area (Å²) in [5.74, 6) is 0.189. The second kappa shape index (κ2) is 8.00. The van der Waals surface area contributed by atoms with Crippen LogP contribution in [0.3, 0.4) is 0 Å². The number of nitrogens with zero attached hydrogens (tertiary/aromatic N) is 2. The number of H-pyrrole nitrogens is 1. The normalized spacial score (nSPS) is 12.4. The Balaban J connectivity index is 2.65. The number of carbonyl (C=O) groups excluding carboxylic acids is 1. The van der Waals surface area contributed by atoms with E-state index >= 15 is 0 Å². The zero-order valence-corrected chi connectivity index (χ0v) is 12.2. The summed E-state index contributed by atoms with van der Waals surface area (Å²) in [6, 6.07) is -0.396. The summed E-state index contributed by atoms with van der Waals surface area (Å²) < 4.78 is 6.52. The number of hydrogen-bond acceptors (Lipinski definition) is 6. The van der Waals surface area contributed by atoms with Crippen molar-refractivity contribution in [3.63, 3.8) is 0 Å². The number of aromatic amines is 1. The van der Waals surface area contributed by atoms with Crippen LogP contribution in [0.1, 0.15) is 20.8 Å². The Kier molecular flexibility index (Phi) is 6.65. The first-order chi connectivity index (χ1) is 9.13. The van der Waals surface area contributed by atoms with Gasteiger partial charge in [0.15, 0.2) is 5.16 Å². The highest BCUT2D eigenvalue weighted by Gasteiger charge is 2.20. The number of aromatic nitrogens is 3. The van der Waals surface area contributed by atoms with E-state index in [4.69, 9.17) is 4.74 Å². The SMILES string of the molecule is CCNC(CSc1n[nH]c(=O)n1CC)C(=O)OCC. The first kappa shape index (κ1) is 15.8. The van der Waals surface area contributed by atoms with Crippen LogP contribution < -0.4 is 11.0 Å². The monoisotopic (exact) mass is 288 g/mol. The first-order valence-corrected chi connectivity index (χ1v) is 7.30. The van der Waals surface area contributed by atoms with Crippen molar-refractivity contribution in [1.29, 1.82) is 0 Å². The molecule has 0 aliphatic heterocycles. The number of hydrogen-bond donors (Lipinski definition) is 2. The Morgan fingerprint density at radius 3 is 2.84 bits per heavy atom. The molecule has 19 heavy (non-hydrogen) atoms. The lowest BCUT2D eigenvalue weighted by atomic mass is 10.3. The van der Waals surface area contributed by atoms with Crippen LogP contribution in [0.2, 0.25) is 0 Å². The third-order valence-electron chi connectivity index (χ3n) is 2.44. The molecule has 0 saturated carbocycles. The molecule has 108 valence electrons. The van der Waals surface area contributed by atoms with Gasteiger partial charge in [0, 0.05) is 12.3 Å². The van der Waals surface area contributed by atoms with Gasteiger partial charge in [0.1, 0.15) is 6.04 Å². The smallest absolute Gasteiger partial charge is 0.343 e. The lowest BCUT2D eigenvalue weighted by Gasteiger charge is -2.15. The standard InChI is InChI=1S/C11H20N4O3S/c1-4-12-8(9(16)18-6-3)7-19-11-14-13-10(17)15(11)5-2/h8,12H,4-7H2,1-3H3,(H,13,17). The first-order valence-electron chi connectivity index (χ1n) is 6.31. The molecule has 0 radical (unpaired) electrons. The number of nitrogens with one attached hydrogen (secondary N) is 2. The van der Waals surface area contributed by atoms with Crippen molar-refractivity contribution in [2.75, 3.05) is 18.9 Å². The Hall–Kier alpha value is -1.28. The lowest BCUT2D eigenvalue weighted by molar-refractivity contribution is -0.144. The predicted octanol–water partition coefficient (Wildman–Crippen LogP) is 0.225. The van der Waals surface area contributed by atoms with Crippen molar-refractivity contribution in [1.82, 2.24) is 20.1 Å². The van der Waals surface area contributed by atoms with E-state index in [0.717, 1.165) is 0 Å². The molecule has 0 spiro atoms. The van der Waals surface area contributed by atoms with E-state index in [1.165, 1.54) is 16.3 Å². The van der Waals surface area contributed by atoms with Crippen molar-refractivity contribution < 1.29 is 9.53 Å². The molecule has 1 atom stereocenters. The van der Waals surface area contributed by atoms with Gasteiger partial charge in [0.2, 0.25) is 0 Å². The molecule has 8 heteroatoms. The molecule has 0 aliphatic rings. The Morgan fingerprint density at radius 1 is 1.53 bits per heavy atom. The van der Waals surface area contributed by atoms with Crippen LogP contribution in [0.5, 0.6) is 0 Å². The summed E-state index contributed by atoms with van der Waals surface area (Å²) in [6.07, 6.45) is 0. The zero-order valence-electron chi connectivity index (χ0n) is 11.4. The van der Waals surface area contributed by atoms with Crippen LogP contribution >= 0.6 is 11.8 Å². The number of carbonyl (C=O) groups is 1. The van der Waals surface area contributed by atoms with Crippen molar-refractivity contribution in [3.05, 3.63) is 10.5 Å². The predicted molar refractivity (Wildman–Crippen MR) is 73.3 cm³/mol. The molecule has 0 aromatic carbocycles. The largest absolute Gasteiger partial charge is 0.465 e. The fourth-order valence-electron chi connectivity index (χ4n) is 1.55. The minimum absolute atomic E-state index is 0.235. The van der Waals surface area contributed by atoms with E-state index < -0.39 is 6.04 Å². The van der Waals surface area contributed by atoms with Gasteiger partial charge < -0.3 is 10.1 Å². The summed E-state index contributed by atoms with van der Waals surface area (Å²) in [6.45, 7) is 7.14. The number of thioether (sulfide) groups is 1. The second-order valence-electron chi connectivity index (χ2n) is 3.73. The number of rotatable bonds is 8. The number of esters is 1. The van der Waals surface area contributed by atoms with Gasteiger partial charge in [0.05, 0.1) is 6.61 Å². The number of ether oxygens (including phenoxy) is 1. The van der Waals surface area contributed by atoms with Crippen molar-refractivity contribution in [2.45, 2.75) is 38.5 Å². The fraction of sp³-hybridized carbons (Fsp3) is 0.727. The Bertz CT molecular complexity index is 457. The third-order valence-corrected chi connectivity index (χ3v) is 3.51. The molecule has 7 nitrogen and oxygen atoms in total. The van der Waals surface area contributed by atoms with Crippen LogP contribution in [-0.4, -0.2) is 45.7 Å². The van der Waals surface area contributed by atoms with Crippen molar-refractivity contribution >= 4 is 17.7 Å². The quantitative estimate of drug-likeness (QED) is 0.525. The van der Waals surface area contributed by atoms with E-state index in [2.05, 4.69) is 15.5 Å². The zero-order chi connectivity index (χ0) is 14.3. The minimum Gasteiger partial charge on any atom is -0.465 e. The Labute approximate surface area is 116 Å². The van der Waals surface area contributed by atoms with Crippen LogP contribution in [0.4, 0.5) is 0 Å². The van der Waals surface area contributed by atoms with Gasteiger partial charge in [0.25, 0.3) is 0 Å². The van der Waals surface area contributed by atoms with Gasteiger partial charge in [-0.25, -0.2) is 9.89 Å². The van der Waals surface area contributed by atoms with Gasteiger partial charge >= 0.3 is 11.7 Å². The van der Waals surface area contributed by atoms with E-state index in [1.807, 2.05) is 13.8 Å². The summed E-state index contributed by atoms with van der Waals surface area (Å²) in [4.78, 5) is 23.1. The van der Waals surface area contributed by atoms with Crippen molar-refractivity contribution in [2.24, 2.45) is 0 Å². The van der Waals surface area contributed by atoms with E-state index in [1.54, 1.807) is 6.92 Å². The summed E-state index contributed by atoms with van der Waals surface area (Å²) >= 11 is 1.35. The molecule has 1 rings (SSSR count). The van der Waals surface area contributed by atoms with Gasteiger partial charge in [-0.2, -0.15) is 0 Å². The summed E-state index contributed by atoms with van der Waals surface area (Å²) in [5, 5.41) is 9.97. The maximum Gasteiger partial charge on any atom is 0.343 e. The fourth-order valence-corrected chi connectivity index (χ4v) is 2.60. The van der Waals surface area contributed by atoms with Crippen LogP contribution in [0.25, 0.3) is 0 Å². The molecule has 0 saturated heterocycles. The Morgan fingerprint density at radius 2 is 2.26 bits per heavy atom. The molecular formula is C11H20N4O3S. The number of likely N-dealkylation sites (N-methyl/N-ethyl adjacent to an activating group) is 1. The second-order valence-corrected chi connectivity index (χ2v) is 4.72. The van der Waals surface area contributed by atoms with Crippen LogP contribution in [-0.2, 0) is 16.1 Å². The molecule has 1 aromatic heterocycles. The average molecular weight is 288 g/mol. The van der Waals surface area contributed by atoms with Gasteiger partial charge in [-0.15, -0.1) is 5.10 Å². The molecule has 0 amide bonds. The molecule has 1 heterocycles. The topological polar surface area (TPSA) is 89.0 Å². The molecule has 0 fully saturated rings. The third kappa shape index (κ3) is 4.39. The summed E-state index contributed by atoms with van der Waals surface area (Å²) in [5.41, 5.74) is -0.235. The van der Waals surface area contributed by atoms with E-state index in [9.17, 15) is 9.59 Å².